The van der Waals surface area contributed by atoms with E-state index in [0.29, 0.717) is 30.7 Å². The first-order chi connectivity index (χ1) is 13.1. The van der Waals surface area contributed by atoms with Gasteiger partial charge in [-0.3, -0.25) is 14.2 Å². The van der Waals surface area contributed by atoms with Gasteiger partial charge in [0.05, 0.1) is 24.1 Å². The van der Waals surface area contributed by atoms with Crippen molar-refractivity contribution in [3.05, 3.63) is 51.8 Å². The minimum Gasteiger partial charge on any atom is -0.497 e. The number of ether oxygens (including phenoxy) is 2. The highest BCUT2D eigenvalue weighted by atomic mass is 32.1. The first-order valence-electron chi connectivity index (χ1n) is 8.98. The molecule has 6 heteroatoms. The molecule has 2 heterocycles. The molecule has 0 aliphatic carbocycles. The van der Waals surface area contributed by atoms with Crippen LogP contribution in [-0.2, 0) is 16.0 Å². The number of carbonyl (C=O) groups excluding carboxylic acids is 2. The second-order valence-electron chi connectivity index (χ2n) is 6.22. The van der Waals surface area contributed by atoms with Crippen LogP contribution in [0.25, 0.3) is 10.9 Å². The number of methoxy groups -OCH3 is 1. The standard InChI is InChI=1S/C21H23NO4S/c1-4-26-20(23)9-5-7-16-14(2)22(21(24)19-8-6-12-27-19)18-11-10-15(25-3)13-17(16)18/h6,8,10-13H,4-5,7,9H2,1-3H3. The molecule has 0 unspecified atom stereocenters. The Kier molecular flexibility index (Phi) is 5.96. The number of esters is 1. The fourth-order valence-electron chi connectivity index (χ4n) is 3.32. The van der Waals surface area contributed by atoms with Gasteiger partial charge in [0.25, 0.3) is 5.91 Å². The third-order valence-corrected chi connectivity index (χ3v) is 5.45. The molecule has 0 radical (unpaired) electrons. The first kappa shape index (κ1) is 19.2. The molecular weight excluding hydrogens is 362 g/mol. The van der Waals surface area contributed by atoms with Gasteiger partial charge in [0.1, 0.15) is 5.75 Å². The summed E-state index contributed by atoms with van der Waals surface area (Å²) in [7, 11) is 1.63. The van der Waals surface area contributed by atoms with Gasteiger partial charge in [-0.1, -0.05) is 6.07 Å². The van der Waals surface area contributed by atoms with Crippen molar-refractivity contribution in [1.82, 2.24) is 4.57 Å². The molecule has 0 amide bonds. The predicted octanol–water partition coefficient (Wildman–Crippen LogP) is 4.59. The van der Waals surface area contributed by atoms with Gasteiger partial charge < -0.3 is 9.47 Å². The zero-order chi connectivity index (χ0) is 19.4. The number of rotatable bonds is 7. The van der Waals surface area contributed by atoms with Crippen LogP contribution < -0.4 is 4.74 Å². The molecular formula is C21H23NO4S. The molecule has 0 aliphatic rings. The lowest BCUT2D eigenvalue weighted by Crippen LogP contribution is -2.12. The monoisotopic (exact) mass is 385 g/mol. The highest BCUT2D eigenvalue weighted by molar-refractivity contribution is 7.12. The predicted molar refractivity (Wildman–Crippen MR) is 107 cm³/mol. The Labute approximate surface area is 162 Å². The molecule has 3 aromatic rings. The highest BCUT2D eigenvalue weighted by Gasteiger charge is 2.21. The van der Waals surface area contributed by atoms with E-state index in [2.05, 4.69) is 0 Å². The van der Waals surface area contributed by atoms with Crippen molar-refractivity contribution in [2.24, 2.45) is 0 Å². The fraction of sp³-hybridized carbons (Fsp3) is 0.333. The maximum absolute atomic E-state index is 13.0. The van der Waals surface area contributed by atoms with Crippen LogP contribution in [0.4, 0.5) is 0 Å². The third kappa shape index (κ3) is 3.90. The van der Waals surface area contributed by atoms with Crippen molar-refractivity contribution >= 4 is 34.1 Å². The maximum atomic E-state index is 13.0. The zero-order valence-corrected chi connectivity index (χ0v) is 16.6. The van der Waals surface area contributed by atoms with Crippen molar-refractivity contribution in [2.45, 2.75) is 33.1 Å². The number of carbonyl (C=O) groups is 2. The summed E-state index contributed by atoms with van der Waals surface area (Å²) in [6.45, 7) is 4.15. The van der Waals surface area contributed by atoms with Crippen LogP contribution in [0.5, 0.6) is 5.75 Å². The van der Waals surface area contributed by atoms with Gasteiger partial charge in [-0.2, -0.15) is 0 Å². The van der Waals surface area contributed by atoms with Crippen LogP contribution in [-0.4, -0.2) is 30.2 Å². The van der Waals surface area contributed by atoms with Crippen LogP contribution in [0.15, 0.2) is 35.7 Å². The van der Waals surface area contributed by atoms with Crippen LogP contribution in [0.3, 0.4) is 0 Å². The summed E-state index contributed by atoms with van der Waals surface area (Å²) in [6.07, 6.45) is 1.73. The minimum absolute atomic E-state index is 0.0330. The number of hydrogen-bond acceptors (Lipinski definition) is 5. The highest BCUT2D eigenvalue weighted by Crippen LogP contribution is 2.31. The summed E-state index contributed by atoms with van der Waals surface area (Å²) in [5, 5.41) is 2.89. The number of aromatic nitrogens is 1. The number of nitrogens with zero attached hydrogens (tertiary/aromatic N) is 1. The first-order valence-corrected chi connectivity index (χ1v) is 9.86. The molecule has 1 aromatic carbocycles. The molecule has 5 nitrogen and oxygen atoms in total. The number of benzene rings is 1. The van der Waals surface area contributed by atoms with E-state index in [1.165, 1.54) is 11.3 Å². The number of thiophene rings is 1. The number of hydrogen-bond donors (Lipinski definition) is 0. The van der Waals surface area contributed by atoms with E-state index in [1.54, 1.807) is 18.6 Å². The van der Waals surface area contributed by atoms with E-state index in [4.69, 9.17) is 9.47 Å². The average Bonchev–Trinajstić information content (AvgIpc) is 3.28. The average molecular weight is 385 g/mol. The van der Waals surface area contributed by atoms with E-state index < -0.39 is 0 Å². The Morgan fingerprint density at radius 1 is 1.22 bits per heavy atom. The molecule has 0 bridgehead atoms. The summed E-state index contributed by atoms with van der Waals surface area (Å²) < 4.78 is 12.1. The Morgan fingerprint density at radius 3 is 2.70 bits per heavy atom. The lowest BCUT2D eigenvalue weighted by atomic mass is 10.0. The summed E-state index contributed by atoms with van der Waals surface area (Å²) in [5.74, 6) is 0.523. The fourth-order valence-corrected chi connectivity index (χ4v) is 3.97. The van der Waals surface area contributed by atoms with E-state index in [9.17, 15) is 9.59 Å². The lowest BCUT2D eigenvalue weighted by molar-refractivity contribution is -0.143. The van der Waals surface area contributed by atoms with Crippen LogP contribution >= 0.6 is 11.3 Å². The topological polar surface area (TPSA) is 57.5 Å². The molecule has 0 spiro atoms. The van der Waals surface area contributed by atoms with Gasteiger partial charge in [-0.15, -0.1) is 11.3 Å². The largest absolute Gasteiger partial charge is 0.497 e. The number of fused-ring (bicyclic) bond motifs is 1. The SMILES string of the molecule is CCOC(=O)CCCc1c(C)n(C(=O)c2cccs2)c2ccc(OC)cc12. The van der Waals surface area contributed by atoms with Gasteiger partial charge in [-0.05, 0) is 61.9 Å². The van der Waals surface area contributed by atoms with Crippen LogP contribution in [0.1, 0.15) is 40.7 Å². The molecule has 3 rings (SSSR count). The summed E-state index contributed by atoms with van der Waals surface area (Å²) >= 11 is 1.43. The Balaban J connectivity index is 2.00. The van der Waals surface area contributed by atoms with Gasteiger partial charge in [0.2, 0.25) is 0 Å². The van der Waals surface area contributed by atoms with E-state index >= 15 is 0 Å². The van der Waals surface area contributed by atoms with Gasteiger partial charge in [0.15, 0.2) is 0 Å². The Hall–Kier alpha value is -2.60. The van der Waals surface area contributed by atoms with E-state index in [-0.39, 0.29) is 11.9 Å². The second-order valence-corrected chi connectivity index (χ2v) is 7.17. The van der Waals surface area contributed by atoms with Crippen molar-refractivity contribution in [1.29, 1.82) is 0 Å². The molecule has 0 saturated heterocycles. The van der Waals surface area contributed by atoms with Crippen molar-refractivity contribution in [3.63, 3.8) is 0 Å². The summed E-state index contributed by atoms with van der Waals surface area (Å²) in [4.78, 5) is 25.4. The Bertz CT molecular complexity index is 956. The molecule has 0 fully saturated rings. The molecule has 0 aliphatic heterocycles. The van der Waals surface area contributed by atoms with Gasteiger partial charge in [0, 0.05) is 17.5 Å². The van der Waals surface area contributed by atoms with E-state index in [0.717, 1.165) is 27.9 Å². The normalized spacial score (nSPS) is 10.9. The molecule has 0 saturated carbocycles. The number of aryl methyl sites for hydroxylation is 1. The molecule has 0 atom stereocenters. The smallest absolute Gasteiger partial charge is 0.305 e. The molecule has 2 aromatic heterocycles. The summed E-state index contributed by atoms with van der Waals surface area (Å²) in [5.41, 5.74) is 2.83. The van der Waals surface area contributed by atoms with Crippen molar-refractivity contribution in [2.75, 3.05) is 13.7 Å². The summed E-state index contributed by atoms with van der Waals surface area (Å²) in [6, 6.07) is 9.45. The van der Waals surface area contributed by atoms with Gasteiger partial charge in [-0.25, -0.2) is 0 Å². The minimum atomic E-state index is -0.189. The maximum Gasteiger partial charge on any atom is 0.305 e. The van der Waals surface area contributed by atoms with Crippen molar-refractivity contribution in [3.8, 4) is 5.75 Å². The van der Waals surface area contributed by atoms with Crippen molar-refractivity contribution < 1.29 is 19.1 Å². The lowest BCUT2D eigenvalue weighted by Gasteiger charge is -2.06. The third-order valence-electron chi connectivity index (χ3n) is 4.59. The van der Waals surface area contributed by atoms with Crippen LogP contribution in [0, 0.1) is 6.92 Å². The quantitative estimate of drug-likeness (QED) is 0.558. The van der Waals surface area contributed by atoms with Crippen LogP contribution in [0.2, 0.25) is 0 Å². The van der Waals surface area contributed by atoms with Gasteiger partial charge >= 0.3 is 5.97 Å². The Morgan fingerprint density at radius 2 is 2.04 bits per heavy atom. The molecule has 27 heavy (non-hydrogen) atoms. The second kappa shape index (κ2) is 8.39. The zero-order valence-electron chi connectivity index (χ0n) is 15.8. The molecule has 142 valence electrons. The molecule has 0 N–H and O–H groups in total. The van der Waals surface area contributed by atoms with E-state index in [1.807, 2.05) is 42.6 Å².